The maximum atomic E-state index is 13.4. The molecule has 3 N–H and O–H groups in total. The molecule has 1 aromatic rings. The summed E-state index contributed by atoms with van der Waals surface area (Å²) in [5.41, 5.74) is -0.0993. The summed E-state index contributed by atoms with van der Waals surface area (Å²) in [6.07, 6.45) is 0.765. The maximum Gasteiger partial charge on any atom is 0.252 e. The minimum absolute atomic E-state index is 0.0385. The highest BCUT2D eigenvalue weighted by Crippen LogP contribution is 2.26. The average molecular weight is 367 g/mol. The highest BCUT2D eigenvalue weighted by molar-refractivity contribution is 9.10. The summed E-state index contributed by atoms with van der Waals surface area (Å²) < 4.78 is 36.1. The van der Waals surface area contributed by atoms with Crippen molar-refractivity contribution in [3.05, 3.63) is 28.0 Å². The van der Waals surface area contributed by atoms with Crippen molar-refractivity contribution in [1.82, 2.24) is 5.32 Å². The van der Waals surface area contributed by atoms with Crippen LogP contribution < -0.4 is 10.5 Å². The fourth-order valence-electron chi connectivity index (χ4n) is 1.51. The fraction of sp³-hybridized carbons (Fsp3) is 0.417. The van der Waals surface area contributed by atoms with Gasteiger partial charge in [-0.05, 0) is 40.4 Å². The molecule has 8 heteroatoms. The molecule has 0 aromatic heterocycles. The van der Waals surface area contributed by atoms with E-state index in [1.807, 2.05) is 13.8 Å². The number of primary sulfonamides is 1. The molecule has 112 valence electrons. The molecule has 0 fully saturated rings. The van der Waals surface area contributed by atoms with Gasteiger partial charge in [-0.15, -0.1) is 0 Å². The molecule has 0 aliphatic carbocycles. The van der Waals surface area contributed by atoms with Gasteiger partial charge in [0.2, 0.25) is 10.0 Å². The molecule has 0 spiro atoms. The molecule has 0 bridgehead atoms. The van der Waals surface area contributed by atoms with Crippen molar-refractivity contribution in [2.24, 2.45) is 11.1 Å². The SMILES string of the molecule is CC(C)CCNC(=O)c1cc(F)cc(S(N)(=O)=O)c1Br. The van der Waals surface area contributed by atoms with E-state index in [0.717, 1.165) is 18.6 Å². The number of hydrogen-bond donors (Lipinski definition) is 2. The van der Waals surface area contributed by atoms with Crippen LogP contribution >= 0.6 is 15.9 Å². The van der Waals surface area contributed by atoms with Gasteiger partial charge in [0.05, 0.1) is 14.9 Å². The van der Waals surface area contributed by atoms with Gasteiger partial charge in [0.15, 0.2) is 0 Å². The van der Waals surface area contributed by atoms with Crippen LogP contribution in [0.5, 0.6) is 0 Å². The molecule has 0 atom stereocenters. The van der Waals surface area contributed by atoms with E-state index in [0.29, 0.717) is 12.5 Å². The van der Waals surface area contributed by atoms with Gasteiger partial charge in [-0.25, -0.2) is 17.9 Å². The summed E-state index contributed by atoms with van der Waals surface area (Å²) in [7, 11) is -4.11. The Balaban J connectivity index is 3.07. The first kappa shape index (κ1) is 17.1. The van der Waals surface area contributed by atoms with Crippen molar-refractivity contribution in [3.8, 4) is 0 Å². The number of rotatable bonds is 5. The number of benzene rings is 1. The zero-order chi connectivity index (χ0) is 15.5. The second-order valence-corrected chi connectivity index (χ2v) is 7.07. The van der Waals surface area contributed by atoms with Crippen molar-refractivity contribution in [2.45, 2.75) is 25.2 Å². The predicted octanol–water partition coefficient (Wildman–Crippen LogP) is 2.01. The largest absolute Gasteiger partial charge is 0.352 e. The topological polar surface area (TPSA) is 89.3 Å². The van der Waals surface area contributed by atoms with E-state index in [1.165, 1.54) is 0 Å². The maximum absolute atomic E-state index is 13.4. The Bertz CT molecular complexity index is 617. The molecule has 0 aliphatic heterocycles. The van der Waals surface area contributed by atoms with Gasteiger partial charge >= 0.3 is 0 Å². The van der Waals surface area contributed by atoms with E-state index in [4.69, 9.17) is 5.14 Å². The van der Waals surface area contributed by atoms with Crippen molar-refractivity contribution < 1.29 is 17.6 Å². The number of nitrogens with two attached hydrogens (primary N) is 1. The quantitative estimate of drug-likeness (QED) is 0.834. The number of hydrogen-bond acceptors (Lipinski definition) is 3. The van der Waals surface area contributed by atoms with E-state index in [-0.39, 0.29) is 10.0 Å². The lowest BCUT2D eigenvalue weighted by atomic mass is 10.1. The van der Waals surface area contributed by atoms with Crippen LogP contribution in [0.15, 0.2) is 21.5 Å². The van der Waals surface area contributed by atoms with Crippen molar-refractivity contribution >= 4 is 31.9 Å². The number of sulfonamides is 1. The Hall–Kier alpha value is -0.990. The number of carbonyl (C=O) groups is 1. The molecule has 1 aromatic carbocycles. The highest BCUT2D eigenvalue weighted by atomic mass is 79.9. The molecular weight excluding hydrogens is 351 g/mol. The Morgan fingerprint density at radius 2 is 2.05 bits per heavy atom. The predicted molar refractivity (Wildman–Crippen MR) is 77.3 cm³/mol. The van der Waals surface area contributed by atoms with E-state index in [2.05, 4.69) is 21.2 Å². The van der Waals surface area contributed by atoms with Crippen LogP contribution in [0.3, 0.4) is 0 Å². The molecule has 0 saturated heterocycles. The molecule has 1 amide bonds. The molecular formula is C12H16BrFN2O3S. The van der Waals surface area contributed by atoms with E-state index < -0.39 is 26.6 Å². The minimum Gasteiger partial charge on any atom is -0.352 e. The Kier molecular flexibility index (Phi) is 5.67. The third-order valence-corrected chi connectivity index (χ3v) is 4.61. The van der Waals surface area contributed by atoms with E-state index in [9.17, 15) is 17.6 Å². The first-order valence-corrected chi connectivity index (χ1v) is 8.27. The Labute approximate surface area is 125 Å². The lowest BCUT2D eigenvalue weighted by molar-refractivity contribution is 0.0950. The Morgan fingerprint density at radius 3 is 2.55 bits per heavy atom. The van der Waals surface area contributed by atoms with Gasteiger partial charge in [-0.3, -0.25) is 4.79 Å². The van der Waals surface area contributed by atoms with Crippen LogP contribution in [0.1, 0.15) is 30.6 Å². The monoisotopic (exact) mass is 366 g/mol. The first-order valence-electron chi connectivity index (χ1n) is 5.93. The van der Waals surface area contributed by atoms with Gasteiger partial charge in [-0.2, -0.15) is 0 Å². The molecule has 0 aliphatic rings. The lowest BCUT2D eigenvalue weighted by Gasteiger charge is -2.11. The van der Waals surface area contributed by atoms with Gasteiger partial charge < -0.3 is 5.32 Å². The first-order chi connectivity index (χ1) is 9.12. The van der Waals surface area contributed by atoms with Crippen molar-refractivity contribution in [3.63, 3.8) is 0 Å². The zero-order valence-corrected chi connectivity index (χ0v) is 13.5. The van der Waals surface area contributed by atoms with Gasteiger partial charge in [0.25, 0.3) is 5.91 Å². The van der Waals surface area contributed by atoms with Crippen LogP contribution in [-0.2, 0) is 10.0 Å². The summed E-state index contributed by atoms with van der Waals surface area (Å²) in [5, 5.41) is 7.58. The average Bonchev–Trinajstić information content (AvgIpc) is 2.29. The van der Waals surface area contributed by atoms with E-state index >= 15 is 0 Å². The third-order valence-electron chi connectivity index (χ3n) is 2.56. The second-order valence-electron chi connectivity index (χ2n) is 4.75. The Morgan fingerprint density at radius 1 is 1.45 bits per heavy atom. The zero-order valence-electron chi connectivity index (χ0n) is 11.1. The van der Waals surface area contributed by atoms with Crippen LogP contribution in [0.25, 0.3) is 0 Å². The second kappa shape index (κ2) is 6.64. The van der Waals surface area contributed by atoms with Gasteiger partial charge in [0.1, 0.15) is 5.82 Å². The number of nitrogens with one attached hydrogen (secondary N) is 1. The standard InChI is InChI=1S/C12H16BrFN2O3S/c1-7(2)3-4-16-12(17)9-5-8(14)6-10(11(9)13)20(15,18)19/h5-7H,3-4H2,1-2H3,(H,16,17)(H2,15,18,19). The van der Waals surface area contributed by atoms with E-state index in [1.54, 1.807) is 0 Å². The third kappa shape index (κ3) is 4.53. The molecule has 0 heterocycles. The molecule has 20 heavy (non-hydrogen) atoms. The summed E-state index contributed by atoms with van der Waals surface area (Å²) in [5.74, 6) is -0.987. The number of amides is 1. The summed E-state index contributed by atoms with van der Waals surface area (Å²) in [6.45, 7) is 4.43. The summed E-state index contributed by atoms with van der Waals surface area (Å²) in [4.78, 5) is 11.5. The van der Waals surface area contributed by atoms with Crippen molar-refractivity contribution in [1.29, 1.82) is 0 Å². The summed E-state index contributed by atoms with van der Waals surface area (Å²) >= 11 is 2.99. The fourth-order valence-corrected chi connectivity index (χ4v) is 3.23. The van der Waals surface area contributed by atoms with Gasteiger partial charge in [0, 0.05) is 6.54 Å². The molecule has 0 saturated carbocycles. The van der Waals surface area contributed by atoms with Crippen LogP contribution in [0.4, 0.5) is 4.39 Å². The van der Waals surface area contributed by atoms with Crippen LogP contribution in [-0.4, -0.2) is 20.9 Å². The normalized spacial score (nSPS) is 11.7. The molecule has 0 unspecified atom stereocenters. The lowest BCUT2D eigenvalue weighted by Crippen LogP contribution is -2.26. The number of halogens is 2. The number of carbonyl (C=O) groups excluding carboxylic acids is 1. The highest BCUT2D eigenvalue weighted by Gasteiger charge is 2.21. The molecule has 5 nitrogen and oxygen atoms in total. The smallest absolute Gasteiger partial charge is 0.252 e. The minimum atomic E-state index is -4.11. The summed E-state index contributed by atoms with van der Waals surface area (Å²) in [6, 6.07) is 1.73. The van der Waals surface area contributed by atoms with Crippen molar-refractivity contribution in [2.75, 3.05) is 6.54 Å². The molecule has 0 radical (unpaired) electrons. The van der Waals surface area contributed by atoms with Crippen LogP contribution in [0.2, 0.25) is 0 Å². The van der Waals surface area contributed by atoms with Gasteiger partial charge in [-0.1, -0.05) is 13.8 Å². The van der Waals surface area contributed by atoms with Crippen LogP contribution in [0, 0.1) is 11.7 Å². The molecule has 1 rings (SSSR count).